The first-order valence-electron chi connectivity index (χ1n) is 8.68. The number of anilines is 1. The van der Waals surface area contributed by atoms with Crippen LogP contribution in [0, 0.1) is 0 Å². The molecule has 2 heterocycles. The van der Waals surface area contributed by atoms with Gasteiger partial charge in [0.15, 0.2) is 6.61 Å². The average molecular weight is 370 g/mol. The van der Waals surface area contributed by atoms with Gasteiger partial charge in [-0.15, -0.1) is 0 Å². The summed E-state index contributed by atoms with van der Waals surface area (Å²) >= 11 is 0. The summed E-state index contributed by atoms with van der Waals surface area (Å²) in [5.74, 6) is 0.0671. The molecule has 0 aliphatic carbocycles. The third-order valence-electron chi connectivity index (χ3n) is 4.94. The van der Waals surface area contributed by atoms with Crippen LogP contribution in [0.1, 0.15) is 37.7 Å². The minimum atomic E-state index is -4.59. The number of carbonyl (C=O) groups is 2. The van der Waals surface area contributed by atoms with Crippen LogP contribution in [-0.4, -0.2) is 48.8 Å². The Labute approximate surface area is 149 Å². The Hall–Kier alpha value is -2.25. The minimum Gasteiger partial charge on any atom is -0.440 e. The molecule has 1 saturated heterocycles. The maximum atomic E-state index is 13.0. The molecule has 1 fully saturated rings. The second-order valence-electron chi connectivity index (χ2n) is 6.76. The maximum Gasteiger partial charge on any atom is 0.422 e. The fraction of sp³-hybridized carbons (Fsp3) is 0.556. The molecule has 3 rings (SSSR count). The van der Waals surface area contributed by atoms with Gasteiger partial charge in [-0.05, 0) is 36.8 Å². The van der Waals surface area contributed by atoms with Crippen molar-refractivity contribution in [3.8, 4) is 0 Å². The smallest absolute Gasteiger partial charge is 0.422 e. The second kappa shape index (κ2) is 7.17. The van der Waals surface area contributed by atoms with Gasteiger partial charge in [0.2, 0.25) is 5.91 Å². The van der Waals surface area contributed by atoms with Crippen LogP contribution in [0.4, 0.5) is 23.7 Å². The van der Waals surface area contributed by atoms with Crippen LogP contribution in [0.25, 0.3) is 0 Å². The predicted molar refractivity (Wildman–Crippen MR) is 89.0 cm³/mol. The molecule has 1 aromatic rings. The van der Waals surface area contributed by atoms with E-state index in [2.05, 4.69) is 11.7 Å². The van der Waals surface area contributed by atoms with Crippen LogP contribution < -0.4 is 4.90 Å². The van der Waals surface area contributed by atoms with Crippen LogP contribution in [0.15, 0.2) is 24.3 Å². The third-order valence-corrected chi connectivity index (χ3v) is 4.94. The van der Waals surface area contributed by atoms with Crippen molar-refractivity contribution in [2.24, 2.45) is 0 Å². The molecule has 142 valence electrons. The van der Waals surface area contributed by atoms with Crippen molar-refractivity contribution in [3.63, 3.8) is 0 Å². The van der Waals surface area contributed by atoms with Gasteiger partial charge in [-0.1, -0.05) is 25.1 Å². The van der Waals surface area contributed by atoms with Crippen molar-refractivity contribution in [3.05, 3.63) is 29.8 Å². The number of likely N-dealkylation sites (tertiary alicyclic amines) is 1. The highest BCUT2D eigenvalue weighted by molar-refractivity contribution is 6.00. The van der Waals surface area contributed by atoms with Gasteiger partial charge in [0, 0.05) is 18.8 Å². The molecule has 2 aliphatic heterocycles. The molecular weight excluding hydrogens is 349 g/mol. The van der Waals surface area contributed by atoms with E-state index in [0.29, 0.717) is 25.3 Å². The zero-order valence-corrected chi connectivity index (χ0v) is 14.5. The molecule has 2 unspecified atom stereocenters. The summed E-state index contributed by atoms with van der Waals surface area (Å²) in [4.78, 5) is 27.8. The SMILES string of the molecule is CC1CCN(C(=O)C2CCCN2C(=O)OCC(F)(F)F)c2ccccc21. The molecule has 0 aromatic heterocycles. The number of nitrogens with zero attached hydrogens (tertiary/aromatic N) is 2. The van der Waals surface area contributed by atoms with E-state index in [1.807, 2.05) is 24.3 Å². The van der Waals surface area contributed by atoms with Gasteiger partial charge in [-0.25, -0.2) is 4.79 Å². The van der Waals surface area contributed by atoms with Crippen LogP contribution in [0.5, 0.6) is 0 Å². The van der Waals surface area contributed by atoms with E-state index in [4.69, 9.17) is 0 Å². The number of alkyl halides is 3. The number of amides is 2. The van der Waals surface area contributed by atoms with Crippen molar-refractivity contribution in [2.45, 2.75) is 44.3 Å². The van der Waals surface area contributed by atoms with Crippen molar-refractivity contribution >= 4 is 17.7 Å². The number of halogens is 3. The Balaban J connectivity index is 1.75. The number of para-hydroxylation sites is 1. The second-order valence-corrected chi connectivity index (χ2v) is 6.76. The maximum absolute atomic E-state index is 13.0. The quantitative estimate of drug-likeness (QED) is 0.798. The van der Waals surface area contributed by atoms with E-state index in [-0.39, 0.29) is 12.5 Å². The minimum absolute atomic E-state index is 0.221. The number of rotatable bonds is 2. The van der Waals surface area contributed by atoms with Gasteiger partial charge in [-0.3, -0.25) is 9.69 Å². The van der Waals surface area contributed by atoms with Crippen LogP contribution >= 0.6 is 0 Å². The van der Waals surface area contributed by atoms with E-state index in [1.165, 1.54) is 0 Å². The van der Waals surface area contributed by atoms with E-state index < -0.39 is 24.9 Å². The molecule has 0 N–H and O–H groups in total. The summed E-state index contributed by atoms with van der Waals surface area (Å²) in [5.41, 5.74) is 1.88. The number of ether oxygens (including phenoxy) is 1. The van der Waals surface area contributed by atoms with Crippen molar-refractivity contribution in [1.29, 1.82) is 0 Å². The Bertz CT molecular complexity index is 693. The lowest BCUT2D eigenvalue weighted by Gasteiger charge is -2.36. The summed E-state index contributed by atoms with van der Waals surface area (Å²) in [5, 5.41) is 0. The molecule has 0 spiro atoms. The normalized spacial score (nSPS) is 22.9. The molecule has 0 radical (unpaired) electrons. The number of fused-ring (bicyclic) bond motifs is 1. The Morgan fingerprint density at radius 2 is 1.92 bits per heavy atom. The highest BCUT2D eigenvalue weighted by Crippen LogP contribution is 2.36. The summed E-state index contributed by atoms with van der Waals surface area (Å²) in [6.07, 6.45) is -3.89. The lowest BCUT2D eigenvalue weighted by molar-refractivity contribution is -0.162. The van der Waals surface area contributed by atoms with E-state index in [0.717, 1.165) is 22.6 Å². The van der Waals surface area contributed by atoms with Crippen LogP contribution in [-0.2, 0) is 9.53 Å². The van der Waals surface area contributed by atoms with Gasteiger partial charge in [-0.2, -0.15) is 13.2 Å². The summed E-state index contributed by atoms with van der Waals surface area (Å²) in [6, 6.07) is 6.83. The summed E-state index contributed by atoms with van der Waals surface area (Å²) in [6.45, 7) is 1.20. The standard InChI is InChI=1S/C18H21F3N2O3/c1-12-8-10-22(14-6-3-2-5-13(12)14)16(24)15-7-4-9-23(15)17(25)26-11-18(19,20)21/h2-3,5-6,12,15H,4,7-11H2,1H3. The lowest BCUT2D eigenvalue weighted by Crippen LogP contribution is -2.50. The predicted octanol–water partition coefficient (Wildman–Crippen LogP) is 3.69. The molecular formula is C18H21F3N2O3. The van der Waals surface area contributed by atoms with Gasteiger partial charge < -0.3 is 9.64 Å². The Morgan fingerprint density at radius 1 is 1.19 bits per heavy atom. The van der Waals surface area contributed by atoms with Crippen LogP contribution in [0.2, 0.25) is 0 Å². The molecule has 2 atom stereocenters. The van der Waals surface area contributed by atoms with Crippen molar-refractivity contribution in [1.82, 2.24) is 4.90 Å². The highest BCUT2D eigenvalue weighted by Gasteiger charge is 2.40. The third kappa shape index (κ3) is 3.78. The first kappa shape index (κ1) is 18.5. The van der Waals surface area contributed by atoms with E-state index in [9.17, 15) is 22.8 Å². The molecule has 0 bridgehead atoms. The first-order chi connectivity index (χ1) is 12.3. The van der Waals surface area contributed by atoms with Crippen LogP contribution in [0.3, 0.4) is 0 Å². The summed E-state index contributed by atoms with van der Waals surface area (Å²) < 4.78 is 41.2. The summed E-state index contributed by atoms with van der Waals surface area (Å²) in [7, 11) is 0. The molecule has 5 nitrogen and oxygen atoms in total. The average Bonchev–Trinajstić information content (AvgIpc) is 3.09. The fourth-order valence-corrected chi connectivity index (χ4v) is 3.63. The molecule has 8 heteroatoms. The van der Waals surface area contributed by atoms with Crippen molar-refractivity contribution < 1.29 is 27.5 Å². The van der Waals surface area contributed by atoms with Gasteiger partial charge in [0.05, 0.1) is 0 Å². The van der Waals surface area contributed by atoms with Gasteiger partial charge >= 0.3 is 12.3 Å². The highest BCUT2D eigenvalue weighted by atomic mass is 19.4. The first-order valence-corrected chi connectivity index (χ1v) is 8.68. The van der Waals surface area contributed by atoms with Gasteiger partial charge in [0.1, 0.15) is 6.04 Å². The molecule has 2 amide bonds. The number of hydrogen-bond donors (Lipinski definition) is 0. The number of benzene rings is 1. The molecule has 0 saturated carbocycles. The molecule has 26 heavy (non-hydrogen) atoms. The Morgan fingerprint density at radius 3 is 2.65 bits per heavy atom. The van der Waals surface area contributed by atoms with E-state index in [1.54, 1.807) is 4.90 Å². The molecule has 2 aliphatic rings. The Kier molecular flexibility index (Phi) is 5.11. The number of carbonyl (C=O) groups excluding carboxylic acids is 2. The van der Waals surface area contributed by atoms with Gasteiger partial charge in [0.25, 0.3) is 0 Å². The fourth-order valence-electron chi connectivity index (χ4n) is 3.63. The number of hydrogen-bond acceptors (Lipinski definition) is 3. The van der Waals surface area contributed by atoms with Crippen molar-refractivity contribution in [2.75, 3.05) is 24.6 Å². The topological polar surface area (TPSA) is 49.9 Å². The lowest BCUT2D eigenvalue weighted by atomic mass is 9.91. The zero-order chi connectivity index (χ0) is 18.9. The monoisotopic (exact) mass is 370 g/mol. The van der Waals surface area contributed by atoms with E-state index >= 15 is 0 Å². The largest absolute Gasteiger partial charge is 0.440 e. The molecule has 1 aromatic carbocycles. The zero-order valence-electron chi connectivity index (χ0n) is 14.5.